The van der Waals surface area contributed by atoms with Gasteiger partial charge in [0.2, 0.25) is 5.95 Å². The Morgan fingerprint density at radius 3 is 2.89 bits per heavy atom. The first-order valence-corrected chi connectivity index (χ1v) is 6.31. The molecule has 2 heterocycles. The number of aromatic nitrogens is 3. The second-order valence-corrected chi connectivity index (χ2v) is 4.96. The third-order valence-electron chi connectivity index (χ3n) is 2.86. The molecule has 1 N–H and O–H groups in total. The molecule has 4 heteroatoms. The smallest absolute Gasteiger partial charge is 0.203 e. The number of nitrogens with one attached hydrogen (secondary N) is 1. The summed E-state index contributed by atoms with van der Waals surface area (Å²) in [6.45, 7) is 8.22. The molecule has 0 saturated carbocycles. The van der Waals surface area contributed by atoms with Crippen molar-refractivity contribution < 1.29 is 0 Å². The minimum Gasteiger partial charge on any atom is -0.355 e. The lowest BCUT2D eigenvalue weighted by Gasteiger charge is -2.12. The van der Waals surface area contributed by atoms with E-state index in [2.05, 4.69) is 46.7 Å². The van der Waals surface area contributed by atoms with E-state index in [1.165, 1.54) is 11.1 Å². The van der Waals surface area contributed by atoms with Gasteiger partial charge in [0.05, 0.1) is 6.54 Å². The topological polar surface area (TPSA) is 42.7 Å². The van der Waals surface area contributed by atoms with Crippen LogP contribution in [0, 0.1) is 12.8 Å². The largest absolute Gasteiger partial charge is 0.355 e. The Morgan fingerprint density at radius 1 is 1.33 bits per heavy atom. The van der Waals surface area contributed by atoms with Gasteiger partial charge in [-0.15, -0.1) is 0 Å². The van der Waals surface area contributed by atoms with E-state index in [0.29, 0.717) is 5.92 Å². The third-order valence-corrected chi connectivity index (χ3v) is 2.86. The molecule has 2 aromatic heterocycles. The van der Waals surface area contributed by atoms with E-state index in [1.54, 1.807) is 0 Å². The van der Waals surface area contributed by atoms with Gasteiger partial charge < -0.3 is 9.88 Å². The van der Waals surface area contributed by atoms with Crippen molar-refractivity contribution in [1.82, 2.24) is 14.5 Å². The maximum Gasteiger partial charge on any atom is 0.203 e. The number of hydrogen-bond acceptors (Lipinski definition) is 3. The van der Waals surface area contributed by atoms with Crippen molar-refractivity contribution in [3.8, 4) is 0 Å². The second kappa shape index (κ2) is 5.67. The average molecular weight is 244 g/mol. The van der Waals surface area contributed by atoms with Crippen LogP contribution in [0.5, 0.6) is 0 Å². The first-order valence-electron chi connectivity index (χ1n) is 6.31. The molecule has 0 saturated heterocycles. The van der Waals surface area contributed by atoms with Crippen molar-refractivity contribution in [1.29, 1.82) is 0 Å². The monoisotopic (exact) mass is 244 g/mol. The molecule has 0 atom stereocenters. The lowest BCUT2D eigenvalue weighted by molar-refractivity contribution is 0.676. The van der Waals surface area contributed by atoms with Crippen molar-refractivity contribution in [3.05, 3.63) is 42.0 Å². The van der Waals surface area contributed by atoms with Gasteiger partial charge in [0.25, 0.3) is 0 Å². The first-order chi connectivity index (χ1) is 8.66. The lowest BCUT2D eigenvalue weighted by Crippen LogP contribution is -2.13. The predicted octanol–water partition coefficient (Wildman–Crippen LogP) is 2.70. The van der Waals surface area contributed by atoms with Crippen molar-refractivity contribution >= 4 is 5.95 Å². The molecule has 0 amide bonds. The summed E-state index contributed by atoms with van der Waals surface area (Å²) in [4.78, 5) is 8.47. The second-order valence-electron chi connectivity index (χ2n) is 4.96. The number of nitrogens with zero attached hydrogens (tertiary/aromatic N) is 3. The Balaban J connectivity index is 2.10. The van der Waals surface area contributed by atoms with Crippen molar-refractivity contribution in [2.75, 3.05) is 11.9 Å². The molecule has 4 nitrogen and oxygen atoms in total. The zero-order valence-electron chi connectivity index (χ0n) is 11.2. The van der Waals surface area contributed by atoms with Gasteiger partial charge in [-0.3, -0.25) is 4.98 Å². The molecular weight excluding hydrogens is 224 g/mol. The van der Waals surface area contributed by atoms with Gasteiger partial charge >= 0.3 is 0 Å². The molecule has 0 aliphatic rings. The first kappa shape index (κ1) is 12.6. The Labute approximate surface area is 108 Å². The molecule has 2 rings (SSSR count). The van der Waals surface area contributed by atoms with Gasteiger partial charge in [0.1, 0.15) is 0 Å². The molecule has 0 aromatic carbocycles. The summed E-state index contributed by atoms with van der Waals surface area (Å²) in [6, 6.07) is 2.06. The highest BCUT2D eigenvalue weighted by molar-refractivity contribution is 5.29. The van der Waals surface area contributed by atoms with E-state index in [9.17, 15) is 0 Å². The summed E-state index contributed by atoms with van der Waals surface area (Å²) in [6.07, 6.45) is 7.57. The van der Waals surface area contributed by atoms with Crippen LogP contribution in [0.2, 0.25) is 0 Å². The Hall–Kier alpha value is -1.84. The highest BCUT2D eigenvalue weighted by Crippen LogP contribution is 2.12. The number of rotatable bonds is 5. The minimum atomic E-state index is 0.609. The zero-order chi connectivity index (χ0) is 13.0. The van der Waals surface area contributed by atoms with Gasteiger partial charge in [0, 0.05) is 31.3 Å². The van der Waals surface area contributed by atoms with Gasteiger partial charge in [-0.05, 0) is 30.0 Å². The third kappa shape index (κ3) is 3.09. The standard InChI is InChI=1S/C14H20N4/c1-11(2)8-17-14-16-6-7-18(14)10-13-4-5-15-9-12(13)3/h4-7,9,11H,8,10H2,1-3H3,(H,16,17). The summed E-state index contributed by atoms with van der Waals surface area (Å²) < 4.78 is 2.13. The van der Waals surface area contributed by atoms with E-state index in [1.807, 2.05) is 24.8 Å². The molecule has 0 radical (unpaired) electrons. The molecule has 0 aliphatic heterocycles. The molecule has 0 unspecified atom stereocenters. The summed E-state index contributed by atoms with van der Waals surface area (Å²) in [7, 11) is 0. The maximum atomic E-state index is 4.35. The van der Waals surface area contributed by atoms with E-state index >= 15 is 0 Å². The molecule has 0 fully saturated rings. The predicted molar refractivity (Wildman–Crippen MR) is 73.6 cm³/mol. The normalized spacial score (nSPS) is 10.9. The van der Waals surface area contributed by atoms with E-state index in [-0.39, 0.29) is 0 Å². The van der Waals surface area contributed by atoms with Gasteiger partial charge in [-0.2, -0.15) is 0 Å². The fourth-order valence-corrected chi connectivity index (χ4v) is 1.76. The van der Waals surface area contributed by atoms with Crippen molar-refractivity contribution in [2.24, 2.45) is 5.92 Å². The molecule has 0 bridgehead atoms. The quantitative estimate of drug-likeness (QED) is 0.879. The molecule has 18 heavy (non-hydrogen) atoms. The Morgan fingerprint density at radius 2 is 2.17 bits per heavy atom. The van der Waals surface area contributed by atoms with Crippen molar-refractivity contribution in [3.63, 3.8) is 0 Å². The van der Waals surface area contributed by atoms with Crippen LogP contribution in [-0.4, -0.2) is 21.1 Å². The highest BCUT2D eigenvalue weighted by atomic mass is 15.2. The van der Waals surface area contributed by atoms with Crippen molar-refractivity contribution in [2.45, 2.75) is 27.3 Å². The number of hydrogen-bond donors (Lipinski definition) is 1. The minimum absolute atomic E-state index is 0.609. The molecule has 2 aromatic rings. The summed E-state index contributed by atoms with van der Waals surface area (Å²) in [5.74, 6) is 1.54. The van der Waals surface area contributed by atoms with E-state index < -0.39 is 0 Å². The van der Waals surface area contributed by atoms with E-state index in [4.69, 9.17) is 0 Å². The van der Waals surface area contributed by atoms with Crippen LogP contribution < -0.4 is 5.32 Å². The fraction of sp³-hybridized carbons (Fsp3) is 0.429. The van der Waals surface area contributed by atoms with Crippen LogP contribution in [0.4, 0.5) is 5.95 Å². The molecule has 0 aliphatic carbocycles. The Bertz CT molecular complexity index is 502. The summed E-state index contributed by atoms with van der Waals surface area (Å²) in [5, 5.41) is 3.37. The number of pyridine rings is 1. The van der Waals surface area contributed by atoms with E-state index in [0.717, 1.165) is 19.0 Å². The van der Waals surface area contributed by atoms with Gasteiger partial charge in [-0.25, -0.2) is 4.98 Å². The zero-order valence-corrected chi connectivity index (χ0v) is 11.2. The van der Waals surface area contributed by atoms with Crippen LogP contribution in [0.25, 0.3) is 0 Å². The highest BCUT2D eigenvalue weighted by Gasteiger charge is 2.05. The Kier molecular flexibility index (Phi) is 3.97. The number of imidazole rings is 1. The van der Waals surface area contributed by atoms with Crippen LogP contribution in [0.1, 0.15) is 25.0 Å². The SMILES string of the molecule is Cc1cnccc1Cn1ccnc1NCC(C)C. The van der Waals surface area contributed by atoms with Crippen LogP contribution >= 0.6 is 0 Å². The fourth-order valence-electron chi connectivity index (χ4n) is 1.76. The van der Waals surface area contributed by atoms with Crippen LogP contribution in [0.15, 0.2) is 30.9 Å². The number of aryl methyl sites for hydroxylation is 1. The van der Waals surface area contributed by atoms with Gasteiger partial charge in [0.15, 0.2) is 0 Å². The number of anilines is 1. The summed E-state index contributed by atoms with van der Waals surface area (Å²) >= 11 is 0. The maximum absolute atomic E-state index is 4.35. The average Bonchev–Trinajstić information content (AvgIpc) is 2.77. The molecule has 96 valence electrons. The van der Waals surface area contributed by atoms with Gasteiger partial charge in [-0.1, -0.05) is 13.8 Å². The van der Waals surface area contributed by atoms with Crippen LogP contribution in [0.3, 0.4) is 0 Å². The molecule has 0 spiro atoms. The molecular formula is C14H20N4. The lowest BCUT2D eigenvalue weighted by atomic mass is 10.1. The summed E-state index contributed by atoms with van der Waals surface area (Å²) in [5.41, 5.74) is 2.48. The van der Waals surface area contributed by atoms with Crippen LogP contribution in [-0.2, 0) is 6.54 Å².